The summed E-state index contributed by atoms with van der Waals surface area (Å²) in [6.07, 6.45) is 0.660. The van der Waals surface area contributed by atoms with Crippen LogP contribution in [0.25, 0.3) is 11.0 Å². The van der Waals surface area contributed by atoms with Crippen LogP contribution in [0.2, 0.25) is 0 Å². The fourth-order valence-corrected chi connectivity index (χ4v) is 2.55. The molecule has 1 unspecified atom stereocenters. The van der Waals surface area contributed by atoms with Gasteiger partial charge in [0, 0.05) is 5.39 Å². The van der Waals surface area contributed by atoms with Gasteiger partial charge >= 0.3 is 0 Å². The van der Waals surface area contributed by atoms with Gasteiger partial charge in [-0.2, -0.15) is 0 Å². The molecule has 0 spiro atoms. The number of ether oxygens (including phenoxy) is 1. The molecule has 2 atom stereocenters. The zero-order valence-corrected chi connectivity index (χ0v) is 15.5. The van der Waals surface area contributed by atoms with Gasteiger partial charge in [-0.1, -0.05) is 26.0 Å². The molecular weight excluding hydrogens is 328 g/mol. The second-order valence-electron chi connectivity index (χ2n) is 6.22. The highest BCUT2D eigenvalue weighted by atomic mass is 35.5. The first-order chi connectivity index (χ1) is 10.9. The first-order valence-electron chi connectivity index (χ1n) is 8.13. The largest absolute Gasteiger partial charge is 0.490 e. The zero-order chi connectivity index (χ0) is 17.0. The Balaban J connectivity index is 0.00000288. The van der Waals surface area contributed by atoms with E-state index in [1.165, 1.54) is 0 Å². The number of rotatable bonds is 7. The Bertz CT molecular complexity index is 669. The summed E-state index contributed by atoms with van der Waals surface area (Å²) in [7, 11) is 0. The Morgan fingerprint density at radius 2 is 2.04 bits per heavy atom. The average molecular weight is 355 g/mol. The van der Waals surface area contributed by atoms with Crippen molar-refractivity contribution in [2.45, 2.75) is 46.2 Å². The predicted octanol–water partition coefficient (Wildman–Crippen LogP) is 3.80. The third kappa shape index (κ3) is 4.89. The number of fused-ring (bicyclic) bond motifs is 1. The summed E-state index contributed by atoms with van der Waals surface area (Å²) in [5.74, 6) is 1.63. The van der Waals surface area contributed by atoms with Crippen LogP contribution in [0.3, 0.4) is 0 Å². The molecule has 0 saturated carbocycles. The van der Waals surface area contributed by atoms with E-state index in [0.717, 1.165) is 5.39 Å². The summed E-state index contributed by atoms with van der Waals surface area (Å²) in [6.45, 7) is 8.49. The number of halogens is 1. The molecule has 5 nitrogen and oxygen atoms in total. The van der Waals surface area contributed by atoms with Gasteiger partial charge in [0.1, 0.15) is 5.76 Å². The summed E-state index contributed by atoms with van der Waals surface area (Å²) in [4.78, 5) is 12.1. The minimum atomic E-state index is -0.499. The van der Waals surface area contributed by atoms with E-state index in [-0.39, 0.29) is 24.4 Å². The molecule has 24 heavy (non-hydrogen) atoms. The lowest BCUT2D eigenvalue weighted by Crippen LogP contribution is -2.42. The topological polar surface area (TPSA) is 77.5 Å². The summed E-state index contributed by atoms with van der Waals surface area (Å²) in [5.41, 5.74) is 6.63. The normalized spacial score (nSPS) is 13.4. The molecule has 0 bridgehead atoms. The van der Waals surface area contributed by atoms with Gasteiger partial charge in [-0.3, -0.25) is 4.79 Å². The van der Waals surface area contributed by atoms with Crippen LogP contribution < -0.4 is 15.8 Å². The minimum absolute atomic E-state index is 0. The molecule has 1 heterocycles. The number of nitrogens with two attached hydrogens (primary N) is 1. The molecule has 3 N–H and O–H groups in total. The molecule has 6 heteroatoms. The van der Waals surface area contributed by atoms with Crippen molar-refractivity contribution >= 4 is 29.3 Å². The van der Waals surface area contributed by atoms with Gasteiger partial charge in [0.2, 0.25) is 5.91 Å². The van der Waals surface area contributed by atoms with E-state index in [1.54, 1.807) is 0 Å². The average Bonchev–Trinajstić information content (AvgIpc) is 2.92. The number of hydrogen-bond donors (Lipinski definition) is 2. The van der Waals surface area contributed by atoms with Crippen molar-refractivity contribution in [1.29, 1.82) is 0 Å². The van der Waals surface area contributed by atoms with Gasteiger partial charge in [0.05, 0.1) is 18.7 Å². The van der Waals surface area contributed by atoms with Crippen LogP contribution >= 0.6 is 12.4 Å². The van der Waals surface area contributed by atoms with E-state index >= 15 is 0 Å². The molecule has 0 radical (unpaired) electrons. The Kier molecular flexibility index (Phi) is 7.58. The first kappa shape index (κ1) is 20.3. The summed E-state index contributed by atoms with van der Waals surface area (Å²) < 4.78 is 11.5. The van der Waals surface area contributed by atoms with Crippen LogP contribution in [0.4, 0.5) is 0 Å². The maximum atomic E-state index is 12.1. The zero-order valence-electron chi connectivity index (χ0n) is 14.7. The fraction of sp³-hybridized carbons (Fsp3) is 0.500. The number of hydrogen-bond acceptors (Lipinski definition) is 4. The number of amides is 1. The smallest absolute Gasteiger partial charge is 0.237 e. The second kappa shape index (κ2) is 8.94. The highest BCUT2D eigenvalue weighted by molar-refractivity contribution is 5.85. The van der Waals surface area contributed by atoms with Crippen LogP contribution in [0, 0.1) is 5.92 Å². The van der Waals surface area contributed by atoms with Crippen molar-refractivity contribution in [2.24, 2.45) is 11.7 Å². The summed E-state index contributed by atoms with van der Waals surface area (Å²) in [5, 5.41) is 3.87. The minimum Gasteiger partial charge on any atom is -0.490 e. The molecule has 0 aliphatic carbocycles. The number of furan rings is 1. The Morgan fingerprint density at radius 1 is 1.33 bits per heavy atom. The Morgan fingerprint density at radius 3 is 2.67 bits per heavy atom. The van der Waals surface area contributed by atoms with Crippen LogP contribution in [0.5, 0.6) is 5.75 Å². The highest BCUT2D eigenvalue weighted by Gasteiger charge is 2.20. The number of carbonyl (C=O) groups excluding carboxylic acids is 1. The quantitative estimate of drug-likeness (QED) is 0.792. The van der Waals surface area contributed by atoms with E-state index in [9.17, 15) is 4.79 Å². The standard InChI is InChI=1S/C18H26N2O3.ClH/c1-5-22-15-8-6-7-13-10-16(23-17(13)15)12(4)20-18(21)14(19)9-11(2)3;/h6-8,10-12,14H,5,9,19H2,1-4H3,(H,20,21);1H/t12?,14-;/m0./s1. The second-order valence-corrected chi connectivity index (χ2v) is 6.22. The summed E-state index contributed by atoms with van der Waals surface area (Å²) in [6, 6.07) is 6.94. The van der Waals surface area contributed by atoms with Crippen molar-refractivity contribution in [1.82, 2.24) is 5.32 Å². The molecule has 2 rings (SSSR count). The lowest BCUT2D eigenvalue weighted by atomic mass is 10.0. The lowest BCUT2D eigenvalue weighted by Gasteiger charge is -2.17. The monoisotopic (exact) mass is 354 g/mol. The van der Waals surface area contributed by atoms with Gasteiger partial charge in [0.25, 0.3) is 0 Å². The molecule has 0 aliphatic rings. The van der Waals surface area contributed by atoms with Gasteiger partial charge in [-0.25, -0.2) is 0 Å². The van der Waals surface area contributed by atoms with Crippen molar-refractivity contribution < 1.29 is 13.9 Å². The predicted molar refractivity (Wildman–Crippen MR) is 98.6 cm³/mol. The number of carbonyl (C=O) groups is 1. The van der Waals surface area contributed by atoms with Crippen molar-refractivity contribution in [2.75, 3.05) is 6.61 Å². The summed E-state index contributed by atoms with van der Waals surface area (Å²) >= 11 is 0. The highest BCUT2D eigenvalue weighted by Crippen LogP contribution is 2.31. The van der Waals surface area contributed by atoms with Gasteiger partial charge in [-0.15, -0.1) is 12.4 Å². The van der Waals surface area contributed by atoms with Crippen LogP contribution in [0.1, 0.15) is 45.9 Å². The third-order valence-electron chi connectivity index (χ3n) is 3.67. The molecular formula is C18H27ClN2O3. The molecule has 1 aromatic carbocycles. The molecule has 0 saturated heterocycles. The molecule has 0 aliphatic heterocycles. The van der Waals surface area contributed by atoms with E-state index < -0.39 is 6.04 Å². The van der Waals surface area contributed by atoms with Crippen LogP contribution in [-0.2, 0) is 4.79 Å². The first-order valence-corrected chi connectivity index (χ1v) is 8.13. The van der Waals surface area contributed by atoms with E-state index in [0.29, 0.717) is 36.0 Å². The molecule has 0 fully saturated rings. The molecule has 134 valence electrons. The van der Waals surface area contributed by atoms with Crippen molar-refractivity contribution in [3.8, 4) is 5.75 Å². The van der Waals surface area contributed by atoms with Crippen molar-refractivity contribution in [3.63, 3.8) is 0 Å². The molecule has 1 amide bonds. The van der Waals surface area contributed by atoms with Gasteiger partial charge < -0.3 is 20.2 Å². The Hall–Kier alpha value is -1.72. The van der Waals surface area contributed by atoms with Gasteiger partial charge in [-0.05, 0) is 38.3 Å². The van der Waals surface area contributed by atoms with Gasteiger partial charge in [0.15, 0.2) is 11.3 Å². The SMILES string of the molecule is CCOc1cccc2cc(C(C)NC(=O)[C@@H](N)CC(C)C)oc12.Cl. The van der Waals surface area contributed by atoms with E-state index in [2.05, 4.69) is 5.32 Å². The van der Waals surface area contributed by atoms with E-state index in [4.69, 9.17) is 14.9 Å². The maximum Gasteiger partial charge on any atom is 0.237 e. The maximum absolute atomic E-state index is 12.1. The number of nitrogens with one attached hydrogen (secondary N) is 1. The Labute approximate surface area is 149 Å². The number of para-hydroxylation sites is 1. The number of benzene rings is 1. The van der Waals surface area contributed by atoms with Crippen LogP contribution in [-0.4, -0.2) is 18.6 Å². The van der Waals surface area contributed by atoms with E-state index in [1.807, 2.05) is 52.0 Å². The fourth-order valence-electron chi connectivity index (χ4n) is 2.55. The molecule has 1 aromatic heterocycles. The lowest BCUT2D eigenvalue weighted by molar-refractivity contribution is -0.123. The van der Waals surface area contributed by atoms with Crippen molar-refractivity contribution in [3.05, 3.63) is 30.0 Å². The third-order valence-corrected chi connectivity index (χ3v) is 3.67. The molecule has 2 aromatic rings. The van der Waals surface area contributed by atoms with Crippen LogP contribution in [0.15, 0.2) is 28.7 Å².